The summed E-state index contributed by atoms with van der Waals surface area (Å²) in [5.74, 6) is -3.94. The largest absolute Gasteiger partial charge is 0.481 e. The van der Waals surface area contributed by atoms with Crippen LogP contribution >= 0.6 is 11.8 Å². The van der Waals surface area contributed by atoms with Gasteiger partial charge in [0, 0.05) is 44.0 Å². The first-order chi connectivity index (χ1) is 14.4. The van der Waals surface area contributed by atoms with Gasteiger partial charge in [0.15, 0.2) is 5.12 Å². The van der Waals surface area contributed by atoms with E-state index >= 15 is 0 Å². The maximum atomic E-state index is 12.6. The Balaban J connectivity index is 2.36. The van der Waals surface area contributed by atoms with Gasteiger partial charge in [-0.2, -0.15) is 0 Å². The third kappa shape index (κ3) is 8.83. The predicted molar refractivity (Wildman–Crippen MR) is 110 cm³/mol. The normalized spacial score (nSPS) is 22.3. The van der Waals surface area contributed by atoms with Crippen LogP contribution in [0.3, 0.4) is 0 Å². The van der Waals surface area contributed by atoms with Crippen LogP contribution in [0, 0.1) is 5.41 Å². The van der Waals surface area contributed by atoms with Crippen molar-refractivity contribution in [2.24, 2.45) is 5.41 Å². The summed E-state index contributed by atoms with van der Waals surface area (Å²) in [5.41, 5.74) is -0.704. The Hall–Kier alpha value is -2.18. The smallest absolute Gasteiger partial charge is 0.366 e. The maximum absolute atomic E-state index is 12.6. The van der Waals surface area contributed by atoms with Gasteiger partial charge in [0.2, 0.25) is 11.8 Å². The van der Waals surface area contributed by atoms with Crippen LogP contribution < -0.4 is 10.6 Å². The zero-order chi connectivity index (χ0) is 23.7. The van der Waals surface area contributed by atoms with E-state index < -0.39 is 35.2 Å². The van der Waals surface area contributed by atoms with Gasteiger partial charge in [-0.15, -0.1) is 0 Å². The summed E-state index contributed by atoms with van der Waals surface area (Å²) in [6, 6.07) is 0. The Morgan fingerprint density at radius 1 is 1.06 bits per heavy atom. The molecule has 0 aromatic carbocycles. The second-order valence-electron chi connectivity index (χ2n) is 7.72. The number of methoxy groups -OCH3 is 1. The molecule has 1 heterocycles. The molecule has 31 heavy (non-hydrogen) atoms. The number of carbonyl (C=O) groups excluding carboxylic acids is 4. The Morgan fingerprint density at radius 3 is 2.35 bits per heavy atom. The topological polar surface area (TPSA) is 157 Å². The Morgan fingerprint density at radius 2 is 1.74 bits per heavy atom. The Labute approximate surface area is 184 Å². The van der Waals surface area contributed by atoms with Gasteiger partial charge < -0.3 is 30.0 Å². The molecule has 0 aromatic rings. The van der Waals surface area contributed by atoms with Gasteiger partial charge in [-0.3, -0.25) is 19.2 Å². The summed E-state index contributed by atoms with van der Waals surface area (Å²) < 4.78 is 15.7. The second kappa shape index (κ2) is 12.0. The molecule has 11 nitrogen and oxygen atoms in total. The zero-order valence-electron chi connectivity index (χ0n) is 18.1. The first-order valence-corrected chi connectivity index (χ1v) is 10.7. The number of thioether (sulfide) groups is 1. The first kappa shape index (κ1) is 26.9. The maximum Gasteiger partial charge on any atom is 0.366 e. The van der Waals surface area contributed by atoms with Crippen LogP contribution in [0.4, 0.5) is 0 Å². The van der Waals surface area contributed by atoms with Crippen LogP contribution in [0.25, 0.3) is 0 Å². The molecule has 1 saturated heterocycles. The molecule has 0 aliphatic carbocycles. The van der Waals surface area contributed by atoms with Crippen molar-refractivity contribution in [3.05, 3.63) is 0 Å². The minimum atomic E-state index is -1.69. The summed E-state index contributed by atoms with van der Waals surface area (Å²) in [6.07, 6.45) is -1.24. The molecular weight excluding hydrogens is 432 g/mol. The summed E-state index contributed by atoms with van der Waals surface area (Å²) in [7, 11) is 1.19. The van der Waals surface area contributed by atoms with Crippen LogP contribution in [-0.4, -0.2) is 78.4 Å². The SMILES string of the molecule is COC(=O)C1(C)OCC(C)(C)[C@H](C(=O)NCCC(=O)NCCSC(=O)CCC(=O)O)O1. The Bertz CT molecular complexity index is 698. The molecule has 1 unspecified atom stereocenters. The van der Waals surface area contributed by atoms with Gasteiger partial charge in [0.1, 0.15) is 6.10 Å². The van der Waals surface area contributed by atoms with E-state index in [-0.39, 0.29) is 50.0 Å². The molecule has 0 saturated carbocycles. The van der Waals surface area contributed by atoms with E-state index in [0.717, 1.165) is 11.8 Å². The quantitative estimate of drug-likeness (QED) is 0.283. The highest BCUT2D eigenvalue weighted by atomic mass is 32.2. The minimum absolute atomic E-state index is 0.0152. The summed E-state index contributed by atoms with van der Waals surface area (Å²) in [6.45, 7) is 5.30. The zero-order valence-corrected chi connectivity index (χ0v) is 19.0. The molecule has 2 atom stereocenters. The van der Waals surface area contributed by atoms with Crippen LogP contribution in [-0.2, 0) is 38.2 Å². The highest BCUT2D eigenvalue weighted by Crippen LogP contribution is 2.35. The van der Waals surface area contributed by atoms with Crippen LogP contribution in [0.2, 0.25) is 0 Å². The fourth-order valence-electron chi connectivity index (χ4n) is 2.64. The second-order valence-corrected chi connectivity index (χ2v) is 8.87. The Kier molecular flexibility index (Phi) is 10.4. The van der Waals surface area contributed by atoms with E-state index in [4.69, 9.17) is 14.6 Å². The summed E-state index contributed by atoms with van der Waals surface area (Å²) >= 11 is 0.959. The van der Waals surface area contributed by atoms with E-state index in [1.807, 2.05) is 0 Å². The molecule has 1 aliphatic rings. The number of rotatable bonds is 11. The number of aliphatic carboxylic acids is 1. The molecular formula is C19H30N2O9S. The lowest BCUT2D eigenvalue weighted by molar-refractivity contribution is -0.305. The molecule has 0 spiro atoms. The molecule has 0 aromatic heterocycles. The lowest BCUT2D eigenvalue weighted by Crippen LogP contribution is -2.60. The van der Waals surface area contributed by atoms with Crippen LogP contribution in [0.1, 0.15) is 40.0 Å². The van der Waals surface area contributed by atoms with Gasteiger partial charge in [0.05, 0.1) is 20.1 Å². The van der Waals surface area contributed by atoms with Crippen molar-refractivity contribution in [2.45, 2.75) is 51.9 Å². The number of hydrogen-bond acceptors (Lipinski definition) is 9. The van der Waals surface area contributed by atoms with Gasteiger partial charge >= 0.3 is 11.9 Å². The van der Waals surface area contributed by atoms with Crippen molar-refractivity contribution >= 4 is 40.6 Å². The molecule has 12 heteroatoms. The number of esters is 1. The number of carboxylic acids is 1. The monoisotopic (exact) mass is 462 g/mol. The number of nitrogens with one attached hydrogen (secondary N) is 2. The molecule has 0 bridgehead atoms. The standard InChI is InChI=1S/C19H30N2O9S/c1-18(2)11-29-19(3,17(27)28-4)30-15(18)16(26)21-8-7-12(22)20-9-10-31-14(25)6-5-13(23)24/h15H,5-11H2,1-4H3,(H,20,22)(H,21,26)(H,23,24)/t15-,19?/m0/s1. The van der Waals surface area contributed by atoms with Crippen molar-refractivity contribution < 1.29 is 43.3 Å². The van der Waals surface area contributed by atoms with E-state index in [2.05, 4.69) is 15.4 Å². The predicted octanol–water partition coefficient (Wildman–Crippen LogP) is 0.0643. The molecule has 2 amide bonds. The minimum Gasteiger partial charge on any atom is -0.481 e. The fourth-order valence-corrected chi connectivity index (χ4v) is 3.31. The highest BCUT2D eigenvalue weighted by Gasteiger charge is 2.51. The van der Waals surface area contributed by atoms with E-state index in [0.29, 0.717) is 5.75 Å². The van der Waals surface area contributed by atoms with Crippen molar-refractivity contribution in [1.82, 2.24) is 10.6 Å². The van der Waals surface area contributed by atoms with E-state index in [1.54, 1.807) is 13.8 Å². The summed E-state index contributed by atoms with van der Waals surface area (Å²) in [4.78, 5) is 58.2. The van der Waals surface area contributed by atoms with Crippen LogP contribution in [0.15, 0.2) is 0 Å². The fraction of sp³-hybridized carbons (Fsp3) is 0.737. The van der Waals surface area contributed by atoms with Gasteiger partial charge in [-0.05, 0) is 0 Å². The van der Waals surface area contributed by atoms with Gasteiger partial charge in [0.25, 0.3) is 5.79 Å². The van der Waals surface area contributed by atoms with Crippen LogP contribution in [0.5, 0.6) is 0 Å². The first-order valence-electron chi connectivity index (χ1n) is 9.73. The average molecular weight is 463 g/mol. The third-order valence-electron chi connectivity index (χ3n) is 4.45. The average Bonchev–Trinajstić information content (AvgIpc) is 2.70. The lowest BCUT2D eigenvalue weighted by Gasteiger charge is -2.44. The number of carboxylic acid groups (broad SMARTS) is 1. The lowest BCUT2D eigenvalue weighted by atomic mass is 9.85. The van der Waals surface area contributed by atoms with Crippen molar-refractivity contribution in [1.29, 1.82) is 0 Å². The number of ether oxygens (including phenoxy) is 3. The molecule has 176 valence electrons. The van der Waals surface area contributed by atoms with E-state index in [9.17, 15) is 24.0 Å². The highest BCUT2D eigenvalue weighted by molar-refractivity contribution is 8.13. The molecule has 0 radical (unpaired) electrons. The summed E-state index contributed by atoms with van der Waals surface area (Å²) in [5, 5.41) is 13.5. The van der Waals surface area contributed by atoms with Crippen molar-refractivity contribution in [3.63, 3.8) is 0 Å². The number of amides is 2. The van der Waals surface area contributed by atoms with Gasteiger partial charge in [-0.25, -0.2) is 4.79 Å². The molecule has 1 fully saturated rings. The third-order valence-corrected chi connectivity index (χ3v) is 5.38. The number of hydrogen-bond donors (Lipinski definition) is 3. The molecule has 1 rings (SSSR count). The van der Waals surface area contributed by atoms with E-state index in [1.165, 1.54) is 14.0 Å². The van der Waals surface area contributed by atoms with Crippen molar-refractivity contribution in [3.8, 4) is 0 Å². The number of carbonyl (C=O) groups is 5. The molecule has 1 aliphatic heterocycles. The van der Waals surface area contributed by atoms with Crippen molar-refractivity contribution in [2.75, 3.05) is 32.6 Å². The van der Waals surface area contributed by atoms with Gasteiger partial charge in [-0.1, -0.05) is 25.6 Å². The molecule has 3 N–H and O–H groups in total.